The predicted molar refractivity (Wildman–Crippen MR) is 101 cm³/mol. The van der Waals surface area contributed by atoms with E-state index in [9.17, 15) is 0 Å². The second-order valence-electron chi connectivity index (χ2n) is 6.79. The Labute approximate surface area is 144 Å². The molecular formula is C21H27N3. The first-order valence-corrected chi connectivity index (χ1v) is 9.00. The molecule has 0 amide bonds. The summed E-state index contributed by atoms with van der Waals surface area (Å²) < 4.78 is 2.05. The number of aromatic nitrogens is 3. The lowest BCUT2D eigenvalue weighted by molar-refractivity contribution is 0.661. The van der Waals surface area contributed by atoms with E-state index in [4.69, 9.17) is 5.10 Å². The predicted octanol–water partition coefficient (Wildman–Crippen LogP) is 5.48. The Morgan fingerprint density at radius 3 is 2.58 bits per heavy atom. The number of rotatable bonds is 5. The van der Waals surface area contributed by atoms with Gasteiger partial charge in [-0.2, -0.15) is 5.10 Å². The zero-order valence-electron chi connectivity index (χ0n) is 15.4. The van der Waals surface area contributed by atoms with Crippen LogP contribution in [-0.4, -0.2) is 14.6 Å². The Morgan fingerprint density at radius 1 is 1.12 bits per heavy atom. The highest BCUT2D eigenvalue weighted by molar-refractivity contribution is 5.68. The van der Waals surface area contributed by atoms with Crippen molar-refractivity contribution in [3.63, 3.8) is 0 Å². The molecule has 0 spiro atoms. The van der Waals surface area contributed by atoms with Gasteiger partial charge in [0, 0.05) is 17.3 Å². The third-order valence-corrected chi connectivity index (χ3v) is 4.84. The highest BCUT2D eigenvalue weighted by Crippen LogP contribution is 2.31. The summed E-state index contributed by atoms with van der Waals surface area (Å²) in [7, 11) is 0. The molecule has 1 aromatic carbocycles. The molecule has 0 bridgehead atoms. The molecule has 0 saturated heterocycles. The van der Waals surface area contributed by atoms with E-state index in [0.717, 1.165) is 17.8 Å². The molecule has 3 heteroatoms. The van der Waals surface area contributed by atoms with Gasteiger partial charge in [-0.25, -0.2) is 9.50 Å². The molecule has 1 unspecified atom stereocenters. The van der Waals surface area contributed by atoms with E-state index in [-0.39, 0.29) is 0 Å². The van der Waals surface area contributed by atoms with Gasteiger partial charge in [0.25, 0.3) is 0 Å². The molecule has 3 nitrogen and oxygen atoms in total. The largest absolute Gasteiger partial charge is 0.237 e. The Morgan fingerprint density at radius 2 is 1.92 bits per heavy atom. The summed E-state index contributed by atoms with van der Waals surface area (Å²) in [6.45, 7) is 11.0. The summed E-state index contributed by atoms with van der Waals surface area (Å²) in [5.74, 6) is 0.490. The summed E-state index contributed by atoms with van der Waals surface area (Å²) >= 11 is 0. The van der Waals surface area contributed by atoms with E-state index in [1.807, 2.05) is 6.20 Å². The molecule has 0 N–H and O–H groups in total. The minimum absolute atomic E-state index is 0.490. The maximum Gasteiger partial charge on any atom is 0.159 e. The number of fused-ring (bicyclic) bond motifs is 1. The highest BCUT2D eigenvalue weighted by atomic mass is 15.3. The van der Waals surface area contributed by atoms with E-state index in [0.29, 0.717) is 5.92 Å². The molecule has 0 fully saturated rings. The van der Waals surface area contributed by atoms with Gasteiger partial charge < -0.3 is 0 Å². The monoisotopic (exact) mass is 321 g/mol. The minimum Gasteiger partial charge on any atom is -0.237 e. The number of nitrogens with zero attached hydrogens (tertiary/aromatic N) is 3. The van der Waals surface area contributed by atoms with Crippen LogP contribution in [0.25, 0.3) is 16.9 Å². The van der Waals surface area contributed by atoms with E-state index in [1.54, 1.807) is 0 Å². The molecule has 24 heavy (non-hydrogen) atoms. The number of benzene rings is 1. The van der Waals surface area contributed by atoms with Crippen LogP contribution in [0, 0.1) is 13.8 Å². The van der Waals surface area contributed by atoms with Crippen LogP contribution in [0.4, 0.5) is 0 Å². The summed E-state index contributed by atoms with van der Waals surface area (Å²) in [4.78, 5) is 4.69. The maximum absolute atomic E-state index is 4.93. The van der Waals surface area contributed by atoms with Gasteiger partial charge in [-0.1, -0.05) is 51.0 Å². The van der Waals surface area contributed by atoms with E-state index >= 15 is 0 Å². The fourth-order valence-corrected chi connectivity index (χ4v) is 3.65. The third-order valence-electron chi connectivity index (χ3n) is 4.84. The normalized spacial score (nSPS) is 12.7. The second kappa shape index (κ2) is 6.76. The van der Waals surface area contributed by atoms with Crippen molar-refractivity contribution in [2.75, 3.05) is 0 Å². The van der Waals surface area contributed by atoms with Crippen molar-refractivity contribution in [1.29, 1.82) is 0 Å². The first kappa shape index (κ1) is 16.7. The van der Waals surface area contributed by atoms with Gasteiger partial charge in [0.05, 0.1) is 11.4 Å². The zero-order valence-corrected chi connectivity index (χ0v) is 15.4. The quantitative estimate of drug-likeness (QED) is 0.623. The smallest absolute Gasteiger partial charge is 0.159 e. The fourth-order valence-electron chi connectivity index (χ4n) is 3.65. The Bertz CT molecular complexity index is 861. The molecule has 1 atom stereocenters. The fraction of sp³-hybridized carbons (Fsp3) is 0.429. The summed E-state index contributed by atoms with van der Waals surface area (Å²) in [5, 5.41) is 4.93. The lowest BCUT2D eigenvalue weighted by Crippen LogP contribution is -1.99. The van der Waals surface area contributed by atoms with Crippen LogP contribution in [0.2, 0.25) is 0 Å². The van der Waals surface area contributed by atoms with Gasteiger partial charge in [-0.05, 0) is 44.2 Å². The van der Waals surface area contributed by atoms with E-state index in [1.165, 1.54) is 40.8 Å². The van der Waals surface area contributed by atoms with Crippen LogP contribution >= 0.6 is 0 Å². The third kappa shape index (κ3) is 2.83. The van der Waals surface area contributed by atoms with Crippen LogP contribution in [0.15, 0.2) is 30.5 Å². The molecule has 0 saturated carbocycles. The molecule has 0 aliphatic rings. The van der Waals surface area contributed by atoms with Crippen molar-refractivity contribution < 1.29 is 0 Å². The maximum atomic E-state index is 4.93. The van der Waals surface area contributed by atoms with Crippen molar-refractivity contribution >= 4 is 5.65 Å². The zero-order chi connectivity index (χ0) is 17.3. The van der Waals surface area contributed by atoms with Crippen LogP contribution in [-0.2, 0) is 6.42 Å². The Balaban J connectivity index is 2.24. The van der Waals surface area contributed by atoms with Crippen LogP contribution in [0.3, 0.4) is 0 Å². The topological polar surface area (TPSA) is 30.2 Å². The lowest BCUT2D eigenvalue weighted by Gasteiger charge is -2.11. The van der Waals surface area contributed by atoms with Gasteiger partial charge in [0.1, 0.15) is 0 Å². The van der Waals surface area contributed by atoms with Gasteiger partial charge in [0.2, 0.25) is 0 Å². The molecule has 0 aliphatic heterocycles. The van der Waals surface area contributed by atoms with Crippen LogP contribution in [0.5, 0.6) is 0 Å². The van der Waals surface area contributed by atoms with E-state index < -0.39 is 0 Å². The van der Waals surface area contributed by atoms with Crippen molar-refractivity contribution in [3.05, 3.63) is 52.8 Å². The molecule has 0 radical (unpaired) electrons. The Kier molecular flexibility index (Phi) is 4.70. The number of hydrogen-bond donors (Lipinski definition) is 0. The SMILES string of the molecule is CCCC(C)c1c(CC)nn2c(-c3ccc(C)cc3C)ccnc12. The molecule has 0 aliphatic carbocycles. The van der Waals surface area contributed by atoms with Crippen molar-refractivity contribution in [2.24, 2.45) is 0 Å². The van der Waals surface area contributed by atoms with Crippen molar-refractivity contribution in [3.8, 4) is 11.3 Å². The lowest BCUT2D eigenvalue weighted by atomic mass is 9.95. The summed E-state index contributed by atoms with van der Waals surface area (Å²) in [6.07, 6.45) is 5.22. The van der Waals surface area contributed by atoms with Gasteiger partial charge in [-0.3, -0.25) is 0 Å². The average molecular weight is 321 g/mol. The highest BCUT2D eigenvalue weighted by Gasteiger charge is 2.20. The van der Waals surface area contributed by atoms with Gasteiger partial charge in [-0.15, -0.1) is 0 Å². The summed E-state index contributed by atoms with van der Waals surface area (Å²) in [6, 6.07) is 8.67. The molecule has 2 heterocycles. The van der Waals surface area contributed by atoms with Gasteiger partial charge >= 0.3 is 0 Å². The Hall–Kier alpha value is -2.16. The van der Waals surface area contributed by atoms with Gasteiger partial charge in [0.15, 0.2) is 5.65 Å². The second-order valence-corrected chi connectivity index (χ2v) is 6.79. The molecule has 2 aromatic heterocycles. The summed E-state index contributed by atoms with van der Waals surface area (Å²) in [5.41, 5.74) is 8.44. The van der Waals surface area contributed by atoms with E-state index in [2.05, 4.69) is 68.4 Å². The molecule has 3 aromatic rings. The first-order valence-electron chi connectivity index (χ1n) is 9.00. The van der Waals surface area contributed by atoms with Crippen LogP contribution in [0.1, 0.15) is 61.9 Å². The molecule has 3 rings (SSSR count). The first-order chi connectivity index (χ1) is 11.6. The minimum atomic E-state index is 0.490. The van der Waals surface area contributed by atoms with Crippen LogP contribution < -0.4 is 0 Å². The molecular weight excluding hydrogens is 294 g/mol. The standard InChI is InChI=1S/C21H27N3/c1-6-8-15(4)20-18(7-2)23-24-19(11-12-22-21(20)24)17-10-9-14(3)13-16(17)5/h9-13,15H,6-8H2,1-5H3. The number of hydrogen-bond acceptors (Lipinski definition) is 2. The van der Waals surface area contributed by atoms with Crippen molar-refractivity contribution in [1.82, 2.24) is 14.6 Å². The number of aryl methyl sites for hydroxylation is 3. The van der Waals surface area contributed by atoms with Crippen molar-refractivity contribution in [2.45, 2.75) is 59.8 Å². The molecule has 126 valence electrons. The average Bonchev–Trinajstić information content (AvgIpc) is 2.94.